The van der Waals surface area contributed by atoms with Gasteiger partial charge >= 0.3 is 0 Å². The van der Waals surface area contributed by atoms with E-state index in [2.05, 4.69) is 86.3 Å². The smallest absolute Gasteiger partial charge is 0.118 e. The number of benzene rings is 3. The molecule has 128 valence electrons. The van der Waals surface area contributed by atoms with Crippen LogP contribution in [-0.4, -0.2) is 7.11 Å². The van der Waals surface area contributed by atoms with Gasteiger partial charge in [0.15, 0.2) is 0 Å². The van der Waals surface area contributed by atoms with E-state index >= 15 is 0 Å². The third-order valence-electron chi connectivity index (χ3n) is 5.29. The first-order valence-corrected chi connectivity index (χ1v) is 8.86. The Kier molecular flexibility index (Phi) is 4.00. The zero-order valence-electron chi connectivity index (χ0n) is 15.2. The minimum absolute atomic E-state index is 0.350. The predicted molar refractivity (Wildman–Crippen MR) is 109 cm³/mol. The Morgan fingerprint density at radius 1 is 0.923 bits per heavy atom. The predicted octanol–water partition coefficient (Wildman–Crippen LogP) is 6.03. The van der Waals surface area contributed by atoms with Crippen LogP contribution in [0.15, 0.2) is 85.5 Å². The van der Waals surface area contributed by atoms with E-state index < -0.39 is 0 Å². The van der Waals surface area contributed by atoms with Crippen LogP contribution in [0.1, 0.15) is 27.8 Å². The molecule has 0 bridgehead atoms. The summed E-state index contributed by atoms with van der Waals surface area (Å²) >= 11 is 0. The van der Waals surface area contributed by atoms with E-state index in [1.807, 2.05) is 12.1 Å². The summed E-state index contributed by atoms with van der Waals surface area (Å²) in [6, 6.07) is 25.6. The van der Waals surface area contributed by atoms with Crippen LogP contribution in [0.25, 0.3) is 11.6 Å². The van der Waals surface area contributed by atoms with Crippen LogP contribution in [-0.2, 0) is 5.41 Å². The zero-order valence-corrected chi connectivity index (χ0v) is 15.2. The van der Waals surface area contributed by atoms with Crippen LogP contribution in [0.5, 0.6) is 5.75 Å². The number of hydrogen-bond donors (Lipinski definition) is 0. The average molecular weight is 338 g/mol. The van der Waals surface area contributed by atoms with Gasteiger partial charge in [0.05, 0.1) is 12.5 Å². The second kappa shape index (κ2) is 6.34. The van der Waals surface area contributed by atoms with Crippen molar-refractivity contribution in [3.8, 4) is 5.75 Å². The monoisotopic (exact) mass is 338 g/mol. The third-order valence-corrected chi connectivity index (χ3v) is 5.29. The average Bonchev–Trinajstić information content (AvgIpc) is 3.03. The fourth-order valence-electron chi connectivity index (χ4n) is 3.98. The highest BCUT2D eigenvalue weighted by molar-refractivity contribution is 5.98. The van der Waals surface area contributed by atoms with Crippen molar-refractivity contribution in [1.82, 2.24) is 0 Å². The van der Waals surface area contributed by atoms with Gasteiger partial charge in [-0.2, -0.15) is 0 Å². The van der Waals surface area contributed by atoms with Crippen molar-refractivity contribution >= 4 is 11.6 Å². The number of fused-ring (bicyclic) bond motifs is 1. The van der Waals surface area contributed by atoms with Gasteiger partial charge < -0.3 is 4.74 Å². The Bertz CT molecular complexity index is 980. The summed E-state index contributed by atoms with van der Waals surface area (Å²) in [5.74, 6) is 0.865. The van der Waals surface area contributed by atoms with Gasteiger partial charge in [-0.15, -0.1) is 6.58 Å². The highest BCUT2D eigenvalue weighted by Gasteiger charge is 2.41. The van der Waals surface area contributed by atoms with Crippen molar-refractivity contribution in [2.45, 2.75) is 12.3 Å². The number of rotatable bonds is 4. The Morgan fingerprint density at radius 2 is 1.65 bits per heavy atom. The lowest BCUT2D eigenvalue weighted by molar-refractivity contribution is 0.415. The zero-order chi connectivity index (χ0) is 18.1. The van der Waals surface area contributed by atoms with E-state index in [0.717, 1.165) is 5.75 Å². The molecule has 0 spiro atoms. The molecule has 3 aromatic rings. The molecule has 3 aromatic carbocycles. The summed E-state index contributed by atoms with van der Waals surface area (Å²) in [7, 11) is 1.69. The van der Waals surface area contributed by atoms with Crippen molar-refractivity contribution in [3.05, 3.63) is 113 Å². The van der Waals surface area contributed by atoms with Crippen LogP contribution in [0.4, 0.5) is 0 Å². The Morgan fingerprint density at radius 3 is 2.31 bits per heavy atom. The molecule has 0 heterocycles. The molecule has 4 rings (SSSR count). The van der Waals surface area contributed by atoms with Crippen LogP contribution in [0, 0.1) is 6.92 Å². The highest BCUT2D eigenvalue weighted by atomic mass is 16.5. The topological polar surface area (TPSA) is 9.23 Å². The van der Waals surface area contributed by atoms with Crippen LogP contribution >= 0.6 is 0 Å². The van der Waals surface area contributed by atoms with Crippen LogP contribution < -0.4 is 4.74 Å². The van der Waals surface area contributed by atoms with Crippen molar-refractivity contribution < 1.29 is 4.74 Å². The van der Waals surface area contributed by atoms with E-state index in [0.29, 0.717) is 0 Å². The highest BCUT2D eigenvalue weighted by Crippen LogP contribution is 2.52. The molecule has 0 aliphatic heterocycles. The molecule has 1 nitrogen and oxygen atoms in total. The molecule has 1 unspecified atom stereocenters. The quantitative estimate of drug-likeness (QED) is 0.528. The minimum atomic E-state index is -0.350. The first-order valence-electron chi connectivity index (χ1n) is 8.86. The number of ether oxygens (including phenoxy) is 1. The molecule has 0 fully saturated rings. The molecule has 0 radical (unpaired) electrons. The maximum Gasteiger partial charge on any atom is 0.118 e. The fraction of sp³-hybridized carbons (Fsp3) is 0.120. The van der Waals surface area contributed by atoms with Gasteiger partial charge in [-0.05, 0) is 53.0 Å². The normalized spacial score (nSPS) is 18.2. The maximum absolute atomic E-state index is 5.33. The molecule has 0 aromatic heterocycles. The molecule has 0 saturated carbocycles. The van der Waals surface area contributed by atoms with Crippen molar-refractivity contribution in [2.75, 3.05) is 7.11 Å². The van der Waals surface area contributed by atoms with Crippen molar-refractivity contribution in [3.63, 3.8) is 0 Å². The van der Waals surface area contributed by atoms with Crippen LogP contribution in [0.3, 0.4) is 0 Å². The molecule has 0 saturated heterocycles. The van der Waals surface area contributed by atoms with Gasteiger partial charge in [0.1, 0.15) is 5.75 Å². The third kappa shape index (κ3) is 2.40. The lowest BCUT2D eigenvalue weighted by Crippen LogP contribution is -2.24. The number of allylic oxidation sites excluding steroid dienone is 2. The lowest BCUT2D eigenvalue weighted by Gasteiger charge is -2.32. The SMILES string of the molecule is C=CC1(c2ccccc2)C(c2ccc(OC)cc2)=Cc2ccc(C)cc21. The molecule has 0 N–H and O–H groups in total. The van der Waals surface area contributed by atoms with Gasteiger partial charge in [0.25, 0.3) is 0 Å². The summed E-state index contributed by atoms with van der Waals surface area (Å²) in [4.78, 5) is 0. The first kappa shape index (κ1) is 16.4. The standard InChI is InChI=1S/C25H22O/c1-4-25(21-8-6-5-7-9-21)23-16-18(2)10-11-20(23)17-24(25)19-12-14-22(26-3)15-13-19/h4-17H,1H2,2-3H3. The van der Waals surface area contributed by atoms with E-state index in [1.165, 1.54) is 33.4 Å². The first-order chi connectivity index (χ1) is 12.7. The van der Waals surface area contributed by atoms with E-state index in [-0.39, 0.29) is 5.41 Å². The summed E-state index contributed by atoms with van der Waals surface area (Å²) < 4.78 is 5.33. The van der Waals surface area contributed by atoms with Gasteiger partial charge in [-0.1, -0.05) is 72.3 Å². The maximum atomic E-state index is 5.33. The molecular formula is C25H22O. The van der Waals surface area contributed by atoms with Crippen LogP contribution in [0.2, 0.25) is 0 Å². The molecule has 26 heavy (non-hydrogen) atoms. The fourth-order valence-corrected chi connectivity index (χ4v) is 3.98. The van der Waals surface area contributed by atoms with E-state index in [9.17, 15) is 0 Å². The Labute approximate surface area is 155 Å². The second-order valence-corrected chi connectivity index (χ2v) is 6.76. The van der Waals surface area contributed by atoms with E-state index in [4.69, 9.17) is 4.74 Å². The van der Waals surface area contributed by atoms with Crippen molar-refractivity contribution in [1.29, 1.82) is 0 Å². The molecule has 1 aliphatic rings. The lowest BCUT2D eigenvalue weighted by atomic mass is 9.70. The second-order valence-electron chi connectivity index (χ2n) is 6.76. The number of aryl methyl sites for hydroxylation is 1. The molecular weight excluding hydrogens is 316 g/mol. The number of hydrogen-bond acceptors (Lipinski definition) is 1. The summed E-state index contributed by atoms with van der Waals surface area (Å²) in [5.41, 5.74) is 7.13. The van der Waals surface area contributed by atoms with Crippen molar-refractivity contribution in [2.24, 2.45) is 0 Å². The summed E-state index contributed by atoms with van der Waals surface area (Å²) in [6.07, 6.45) is 4.38. The van der Waals surface area contributed by atoms with Gasteiger partial charge in [-0.3, -0.25) is 0 Å². The Hall–Kier alpha value is -3.06. The Balaban J connectivity index is 1.98. The van der Waals surface area contributed by atoms with Gasteiger partial charge in [-0.25, -0.2) is 0 Å². The van der Waals surface area contributed by atoms with Gasteiger partial charge in [0.2, 0.25) is 0 Å². The largest absolute Gasteiger partial charge is 0.497 e. The molecule has 0 amide bonds. The molecule has 1 heteroatoms. The molecule has 1 aliphatic carbocycles. The summed E-state index contributed by atoms with van der Waals surface area (Å²) in [6.45, 7) is 6.41. The number of methoxy groups -OCH3 is 1. The summed E-state index contributed by atoms with van der Waals surface area (Å²) in [5, 5.41) is 0. The molecule has 1 atom stereocenters. The minimum Gasteiger partial charge on any atom is -0.497 e. The van der Waals surface area contributed by atoms with E-state index in [1.54, 1.807) is 7.11 Å². The van der Waals surface area contributed by atoms with Gasteiger partial charge in [0, 0.05) is 0 Å².